The molecule has 29 heavy (non-hydrogen) atoms. The van der Waals surface area contributed by atoms with Gasteiger partial charge in [-0.05, 0) is 47.6 Å². The first kappa shape index (κ1) is 21.6. The van der Waals surface area contributed by atoms with E-state index in [1.54, 1.807) is 0 Å². The third-order valence-corrected chi connectivity index (χ3v) is 6.58. The van der Waals surface area contributed by atoms with Crippen molar-refractivity contribution in [2.24, 2.45) is 23.7 Å². The zero-order chi connectivity index (χ0) is 20.8. The van der Waals surface area contributed by atoms with Gasteiger partial charge in [-0.3, -0.25) is 9.69 Å². The number of hydrogen-bond acceptors (Lipinski definition) is 2. The van der Waals surface area contributed by atoms with Crippen molar-refractivity contribution in [2.75, 3.05) is 0 Å². The molecule has 0 amide bonds. The molecule has 1 fully saturated rings. The molecular weight excluding hydrogens is 358 g/mol. The molecule has 0 radical (unpaired) electrons. The lowest BCUT2D eigenvalue weighted by atomic mass is 9.67. The van der Waals surface area contributed by atoms with Crippen LogP contribution in [0.3, 0.4) is 0 Å². The van der Waals surface area contributed by atoms with Gasteiger partial charge in [-0.25, -0.2) is 0 Å². The SMILES string of the molecule is CC(C)C1CC[C@@H](C)C[C@H]1C(C(=O)O)N(Cc1ccccc1)Cc1ccccc1. The lowest BCUT2D eigenvalue weighted by molar-refractivity contribution is -0.149. The van der Waals surface area contributed by atoms with Crippen molar-refractivity contribution >= 4 is 5.97 Å². The largest absolute Gasteiger partial charge is 0.480 e. The Hall–Kier alpha value is -2.13. The maximum Gasteiger partial charge on any atom is 0.321 e. The van der Waals surface area contributed by atoms with Gasteiger partial charge >= 0.3 is 5.97 Å². The summed E-state index contributed by atoms with van der Waals surface area (Å²) in [5.41, 5.74) is 2.33. The van der Waals surface area contributed by atoms with Crippen LogP contribution in [0.4, 0.5) is 0 Å². The monoisotopic (exact) mass is 393 g/mol. The van der Waals surface area contributed by atoms with Gasteiger partial charge in [0, 0.05) is 13.1 Å². The van der Waals surface area contributed by atoms with Gasteiger partial charge in [-0.15, -0.1) is 0 Å². The van der Waals surface area contributed by atoms with Gasteiger partial charge in [0.1, 0.15) is 6.04 Å². The summed E-state index contributed by atoms with van der Waals surface area (Å²) in [6.07, 6.45) is 3.35. The molecule has 0 aromatic heterocycles. The quantitative estimate of drug-likeness (QED) is 0.611. The summed E-state index contributed by atoms with van der Waals surface area (Å²) in [5, 5.41) is 10.4. The van der Waals surface area contributed by atoms with Crippen molar-refractivity contribution in [1.29, 1.82) is 0 Å². The van der Waals surface area contributed by atoms with Gasteiger partial charge in [0.25, 0.3) is 0 Å². The molecule has 0 aliphatic heterocycles. The van der Waals surface area contributed by atoms with Crippen LogP contribution in [0.15, 0.2) is 60.7 Å². The predicted molar refractivity (Wildman–Crippen MR) is 118 cm³/mol. The Balaban J connectivity index is 1.95. The molecule has 3 heteroatoms. The second-order valence-electron chi connectivity index (χ2n) is 9.15. The van der Waals surface area contributed by atoms with Gasteiger partial charge < -0.3 is 5.11 Å². The second kappa shape index (κ2) is 10.1. The van der Waals surface area contributed by atoms with Gasteiger partial charge in [-0.2, -0.15) is 0 Å². The molecule has 1 aliphatic carbocycles. The van der Waals surface area contributed by atoms with E-state index in [0.29, 0.717) is 30.8 Å². The van der Waals surface area contributed by atoms with E-state index in [1.165, 1.54) is 17.5 Å². The van der Waals surface area contributed by atoms with Crippen LogP contribution in [-0.2, 0) is 17.9 Å². The summed E-state index contributed by atoms with van der Waals surface area (Å²) in [5.74, 6) is 1.06. The number of carbonyl (C=O) groups is 1. The zero-order valence-electron chi connectivity index (χ0n) is 18.0. The first-order valence-corrected chi connectivity index (χ1v) is 11.0. The third kappa shape index (κ3) is 5.70. The lowest BCUT2D eigenvalue weighted by Gasteiger charge is -2.44. The Kier molecular flexibility index (Phi) is 7.49. The summed E-state index contributed by atoms with van der Waals surface area (Å²) in [6, 6.07) is 20.1. The topological polar surface area (TPSA) is 40.5 Å². The molecule has 0 saturated heterocycles. The van der Waals surface area contributed by atoms with E-state index in [9.17, 15) is 9.90 Å². The van der Waals surface area contributed by atoms with Crippen molar-refractivity contribution in [3.63, 3.8) is 0 Å². The number of rotatable bonds is 8. The van der Waals surface area contributed by atoms with Gasteiger partial charge in [-0.1, -0.05) is 87.9 Å². The van der Waals surface area contributed by atoms with Crippen molar-refractivity contribution < 1.29 is 9.90 Å². The van der Waals surface area contributed by atoms with Crippen LogP contribution in [0.5, 0.6) is 0 Å². The van der Waals surface area contributed by atoms with Crippen LogP contribution >= 0.6 is 0 Å². The van der Waals surface area contributed by atoms with E-state index in [-0.39, 0.29) is 5.92 Å². The molecule has 0 bridgehead atoms. The summed E-state index contributed by atoms with van der Waals surface area (Å²) in [6.45, 7) is 8.10. The molecule has 3 nitrogen and oxygen atoms in total. The number of nitrogens with zero attached hydrogens (tertiary/aromatic N) is 1. The predicted octanol–water partition coefficient (Wildman–Crippen LogP) is 5.85. The molecule has 4 atom stereocenters. The molecule has 1 N–H and O–H groups in total. The van der Waals surface area contributed by atoms with Gasteiger partial charge in [0.05, 0.1) is 0 Å². The van der Waals surface area contributed by atoms with Crippen LogP contribution in [0.2, 0.25) is 0 Å². The fourth-order valence-corrected chi connectivity index (χ4v) is 5.14. The Bertz CT molecular complexity index is 717. The first-order chi connectivity index (χ1) is 14.0. The summed E-state index contributed by atoms with van der Waals surface area (Å²) in [4.78, 5) is 14.9. The highest BCUT2D eigenvalue weighted by Gasteiger charge is 2.42. The lowest BCUT2D eigenvalue weighted by Crippen LogP contribution is -2.50. The van der Waals surface area contributed by atoms with E-state index in [0.717, 1.165) is 12.8 Å². The summed E-state index contributed by atoms with van der Waals surface area (Å²) < 4.78 is 0. The summed E-state index contributed by atoms with van der Waals surface area (Å²) in [7, 11) is 0. The van der Waals surface area contributed by atoms with Gasteiger partial charge in [0.15, 0.2) is 0 Å². The highest BCUT2D eigenvalue weighted by Crippen LogP contribution is 2.41. The molecule has 2 aromatic carbocycles. The average Bonchev–Trinajstić information content (AvgIpc) is 2.69. The molecule has 0 heterocycles. The standard InChI is InChI=1S/C26H35NO2/c1-19(2)23-15-14-20(3)16-24(23)25(26(28)29)27(17-21-10-6-4-7-11-21)18-22-12-8-5-9-13-22/h4-13,19-20,23-25H,14-18H2,1-3H3,(H,28,29)/t20-,23?,24-,25?/m1/s1. The minimum atomic E-state index is -0.679. The normalized spacial score (nSPS) is 23.3. The van der Waals surface area contributed by atoms with Crippen LogP contribution in [0.1, 0.15) is 51.2 Å². The zero-order valence-corrected chi connectivity index (χ0v) is 18.0. The van der Waals surface area contributed by atoms with Crippen molar-refractivity contribution in [1.82, 2.24) is 4.90 Å². The van der Waals surface area contributed by atoms with E-state index >= 15 is 0 Å². The fourth-order valence-electron chi connectivity index (χ4n) is 5.14. The average molecular weight is 394 g/mol. The molecule has 156 valence electrons. The van der Waals surface area contributed by atoms with E-state index in [4.69, 9.17) is 0 Å². The van der Waals surface area contributed by atoms with Crippen molar-refractivity contribution in [3.05, 3.63) is 71.8 Å². The third-order valence-electron chi connectivity index (χ3n) is 6.58. The van der Waals surface area contributed by atoms with Crippen LogP contribution in [0, 0.1) is 23.7 Å². The maximum absolute atomic E-state index is 12.7. The van der Waals surface area contributed by atoms with E-state index in [1.807, 2.05) is 36.4 Å². The first-order valence-electron chi connectivity index (χ1n) is 11.0. The number of aliphatic carboxylic acids is 1. The number of carboxylic acids is 1. The molecule has 2 unspecified atom stereocenters. The molecule has 3 rings (SSSR count). The Morgan fingerprint density at radius 3 is 1.90 bits per heavy atom. The molecule has 1 aliphatic rings. The minimum Gasteiger partial charge on any atom is -0.480 e. The van der Waals surface area contributed by atoms with Crippen LogP contribution < -0.4 is 0 Å². The molecule has 1 saturated carbocycles. The summed E-state index contributed by atoms with van der Waals surface area (Å²) >= 11 is 0. The highest BCUT2D eigenvalue weighted by atomic mass is 16.4. The Labute approximate surface area is 175 Å². The van der Waals surface area contributed by atoms with Gasteiger partial charge in [0.2, 0.25) is 0 Å². The smallest absolute Gasteiger partial charge is 0.321 e. The highest BCUT2D eigenvalue weighted by molar-refractivity contribution is 5.74. The van der Waals surface area contributed by atoms with Crippen molar-refractivity contribution in [2.45, 2.75) is 59.2 Å². The number of carboxylic acid groups (broad SMARTS) is 1. The van der Waals surface area contributed by atoms with E-state index in [2.05, 4.69) is 49.9 Å². The Morgan fingerprint density at radius 2 is 1.45 bits per heavy atom. The van der Waals surface area contributed by atoms with Crippen molar-refractivity contribution in [3.8, 4) is 0 Å². The second-order valence-corrected chi connectivity index (χ2v) is 9.15. The number of hydrogen-bond donors (Lipinski definition) is 1. The van der Waals surface area contributed by atoms with E-state index < -0.39 is 12.0 Å². The molecular formula is C26H35NO2. The van der Waals surface area contributed by atoms with Crippen LogP contribution in [-0.4, -0.2) is 22.0 Å². The fraction of sp³-hybridized carbons (Fsp3) is 0.500. The minimum absolute atomic E-state index is 0.184. The molecule has 0 spiro atoms. The van der Waals surface area contributed by atoms with Crippen LogP contribution in [0.25, 0.3) is 0 Å². The molecule has 2 aromatic rings. The Morgan fingerprint density at radius 1 is 0.931 bits per heavy atom. The number of benzene rings is 2. The maximum atomic E-state index is 12.7.